The van der Waals surface area contributed by atoms with E-state index in [0.717, 1.165) is 39.3 Å². The summed E-state index contributed by atoms with van der Waals surface area (Å²) in [6, 6.07) is 5.73. The lowest BCUT2D eigenvalue weighted by Crippen LogP contribution is -2.38. The maximum Gasteiger partial charge on any atom is 0.251 e. The molecule has 0 radical (unpaired) electrons. The zero-order chi connectivity index (χ0) is 13.5. The third-order valence-corrected chi connectivity index (χ3v) is 3.13. The SMILES string of the molecule is Cl.O=C(NCCCN1CCOCC1)c1cccc(F)c1. The Balaban J connectivity index is 0.00000200. The Labute approximate surface area is 124 Å². The number of ether oxygens (including phenoxy) is 1. The molecule has 1 heterocycles. The maximum atomic E-state index is 13.0. The van der Waals surface area contributed by atoms with Gasteiger partial charge in [-0.05, 0) is 31.2 Å². The number of nitrogens with zero attached hydrogens (tertiary/aromatic N) is 1. The molecular weight excluding hydrogens is 283 g/mol. The lowest BCUT2D eigenvalue weighted by molar-refractivity contribution is 0.0374. The monoisotopic (exact) mass is 302 g/mol. The molecule has 0 saturated carbocycles. The molecule has 1 amide bonds. The van der Waals surface area contributed by atoms with E-state index in [-0.39, 0.29) is 24.1 Å². The first-order valence-corrected chi connectivity index (χ1v) is 6.59. The van der Waals surface area contributed by atoms with Crippen LogP contribution in [0.2, 0.25) is 0 Å². The minimum atomic E-state index is -0.388. The highest BCUT2D eigenvalue weighted by Gasteiger charge is 2.10. The number of carbonyl (C=O) groups is 1. The quantitative estimate of drug-likeness (QED) is 0.842. The van der Waals surface area contributed by atoms with Crippen molar-refractivity contribution in [1.82, 2.24) is 10.2 Å². The molecule has 6 heteroatoms. The highest BCUT2D eigenvalue weighted by molar-refractivity contribution is 5.94. The zero-order valence-electron chi connectivity index (χ0n) is 11.3. The topological polar surface area (TPSA) is 41.6 Å². The number of hydrogen-bond donors (Lipinski definition) is 1. The summed E-state index contributed by atoms with van der Waals surface area (Å²) in [5.41, 5.74) is 0.367. The fourth-order valence-corrected chi connectivity index (χ4v) is 2.06. The van der Waals surface area contributed by atoms with Gasteiger partial charge in [0.2, 0.25) is 0 Å². The Morgan fingerprint density at radius 1 is 1.35 bits per heavy atom. The van der Waals surface area contributed by atoms with Crippen LogP contribution in [-0.2, 0) is 4.74 Å². The van der Waals surface area contributed by atoms with Gasteiger partial charge >= 0.3 is 0 Å². The highest BCUT2D eigenvalue weighted by atomic mass is 35.5. The summed E-state index contributed by atoms with van der Waals surface area (Å²) in [4.78, 5) is 14.1. The smallest absolute Gasteiger partial charge is 0.251 e. The van der Waals surface area contributed by atoms with Crippen LogP contribution in [0.5, 0.6) is 0 Å². The van der Waals surface area contributed by atoms with Crippen molar-refractivity contribution in [1.29, 1.82) is 0 Å². The molecule has 0 spiro atoms. The van der Waals surface area contributed by atoms with Crippen LogP contribution in [0.1, 0.15) is 16.8 Å². The first-order chi connectivity index (χ1) is 9.25. The molecule has 1 aliphatic rings. The highest BCUT2D eigenvalue weighted by Crippen LogP contribution is 2.03. The van der Waals surface area contributed by atoms with Crippen LogP contribution in [0.4, 0.5) is 4.39 Å². The third-order valence-electron chi connectivity index (χ3n) is 3.13. The van der Waals surface area contributed by atoms with E-state index in [1.807, 2.05) is 0 Å². The summed E-state index contributed by atoms with van der Waals surface area (Å²) in [6.45, 7) is 5.04. The molecule has 20 heavy (non-hydrogen) atoms. The minimum absolute atomic E-state index is 0. The van der Waals surface area contributed by atoms with Crippen molar-refractivity contribution >= 4 is 18.3 Å². The first kappa shape index (κ1) is 16.9. The Morgan fingerprint density at radius 2 is 2.10 bits per heavy atom. The lowest BCUT2D eigenvalue weighted by atomic mass is 10.2. The van der Waals surface area contributed by atoms with Gasteiger partial charge < -0.3 is 10.1 Å². The van der Waals surface area contributed by atoms with Gasteiger partial charge in [-0.2, -0.15) is 0 Å². The van der Waals surface area contributed by atoms with E-state index < -0.39 is 0 Å². The van der Waals surface area contributed by atoms with E-state index in [9.17, 15) is 9.18 Å². The number of morpholine rings is 1. The summed E-state index contributed by atoms with van der Waals surface area (Å²) in [7, 11) is 0. The molecule has 112 valence electrons. The number of benzene rings is 1. The van der Waals surface area contributed by atoms with Crippen LogP contribution < -0.4 is 5.32 Å². The summed E-state index contributed by atoms with van der Waals surface area (Å²) in [6.07, 6.45) is 0.890. The van der Waals surface area contributed by atoms with Crippen molar-refractivity contribution in [3.8, 4) is 0 Å². The largest absolute Gasteiger partial charge is 0.379 e. The summed E-state index contributed by atoms with van der Waals surface area (Å²) >= 11 is 0. The number of nitrogens with one attached hydrogen (secondary N) is 1. The molecule has 0 unspecified atom stereocenters. The Morgan fingerprint density at radius 3 is 2.80 bits per heavy atom. The molecule has 1 fully saturated rings. The molecule has 2 rings (SSSR count). The molecule has 0 bridgehead atoms. The van der Waals surface area contributed by atoms with Crippen LogP contribution in [0, 0.1) is 5.82 Å². The van der Waals surface area contributed by atoms with Gasteiger partial charge in [-0.1, -0.05) is 6.07 Å². The van der Waals surface area contributed by atoms with Crippen molar-refractivity contribution < 1.29 is 13.9 Å². The van der Waals surface area contributed by atoms with E-state index in [1.54, 1.807) is 6.07 Å². The Bertz CT molecular complexity index is 425. The van der Waals surface area contributed by atoms with Gasteiger partial charge in [0.25, 0.3) is 5.91 Å². The summed E-state index contributed by atoms with van der Waals surface area (Å²) < 4.78 is 18.2. The molecule has 4 nitrogen and oxygen atoms in total. The average molecular weight is 303 g/mol. The third kappa shape index (κ3) is 5.45. The fraction of sp³-hybridized carbons (Fsp3) is 0.500. The number of amides is 1. The van der Waals surface area contributed by atoms with Crippen LogP contribution in [0.25, 0.3) is 0 Å². The van der Waals surface area contributed by atoms with Crippen molar-refractivity contribution in [2.45, 2.75) is 6.42 Å². The second kappa shape index (κ2) is 8.89. The molecule has 1 aromatic rings. The predicted octanol–water partition coefficient (Wildman–Crippen LogP) is 1.70. The lowest BCUT2D eigenvalue weighted by Gasteiger charge is -2.26. The van der Waals surface area contributed by atoms with E-state index in [4.69, 9.17) is 4.74 Å². The normalized spacial score (nSPS) is 15.4. The zero-order valence-corrected chi connectivity index (χ0v) is 12.1. The number of hydrogen-bond acceptors (Lipinski definition) is 3. The molecule has 0 atom stereocenters. The second-order valence-electron chi connectivity index (χ2n) is 4.57. The average Bonchev–Trinajstić information content (AvgIpc) is 2.44. The van der Waals surface area contributed by atoms with Crippen LogP contribution in [0.15, 0.2) is 24.3 Å². The number of halogens is 2. The van der Waals surface area contributed by atoms with Crippen LogP contribution in [-0.4, -0.2) is 50.2 Å². The second-order valence-corrected chi connectivity index (χ2v) is 4.57. The van der Waals surface area contributed by atoms with Gasteiger partial charge in [-0.15, -0.1) is 12.4 Å². The number of carbonyl (C=O) groups excluding carboxylic acids is 1. The minimum Gasteiger partial charge on any atom is -0.379 e. The van der Waals surface area contributed by atoms with Gasteiger partial charge in [0.15, 0.2) is 0 Å². The Hall–Kier alpha value is -1.17. The van der Waals surface area contributed by atoms with Crippen molar-refractivity contribution in [3.05, 3.63) is 35.6 Å². The molecule has 1 aromatic carbocycles. The standard InChI is InChI=1S/C14H19FN2O2.ClH/c15-13-4-1-3-12(11-13)14(18)16-5-2-6-17-7-9-19-10-8-17;/h1,3-4,11H,2,5-10H2,(H,16,18);1H. The first-order valence-electron chi connectivity index (χ1n) is 6.59. The molecule has 1 aliphatic heterocycles. The van der Waals surface area contributed by atoms with Gasteiger partial charge in [0.1, 0.15) is 5.82 Å². The predicted molar refractivity (Wildman–Crippen MR) is 77.9 cm³/mol. The number of rotatable bonds is 5. The van der Waals surface area contributed by atoms with Gasteiger partial charge in [-0.3, -0.25) is 9.69 Å². The molecule has 0 aliphatic carbocycles. The van der Waals surface area contributed by atoms with Gasteiger partial charge in [0.05, 0.1) is 13.2 Å². The van der Waals surface area contributed by atoms with E-state index in [0.29, 0.717) is 12.1 Å². The van der Waals surface area contributed by atoms with Crippen LogP contribution >= 0.6 is 12.4 Å². The van der Waals surface area contributed by atoms with Crippen LogP contribution in [0.3, 0.4) is 0 Å². The van der Waals surface area contributed by atoms with Crippen molar-refractivity contribution in [2.24, 2.45) is 0 Å². The van der Waals surface area contributed by atoms with E-state index in [2.05, 4.69) is 10.2 Å². The van der Waals surface area contributed by atoms with Crippen molar-refractivity contribution in [2.75, 3.05) is 39.4 Å². The molecule has 1 saturated heterocycles. The molecule has 1 N–H and O–H groups in total. The van der Waals surface area contributed by atoms with E-state index >= 15 is 0 Å². The Kier molecular flexibility index (Phi) is 7.51. The molecule has 0 aromatic heterocycles. The van der Waals surface area contributed by atoms with E-state index in [1.165, 1.54) is 18.2 Å². The van der Waals surface area contributed by atoms with Gasteiger partial charge in [-0.25, -0.2) is 4.39 Å². The van der Waals surface area contributed by atoms with Crippen molar-refractivity contribution in [3.63, 3.8) is 0 Å². The maximum absolute atomic E-state index is 13.0. The fourth-order valence-electron chi connectivity index (χ4n) is 2.06. The summed E-state index contributed by atoms with van der Waals surface area (Å²) in [5.74, 6) is -0.609. The van der Waals surface area contributed by atoms with Gasteiger partial charge in [0, 0.05) is 25.2 Å². The summed E-state index contributed by atoms with van der Waals surface area (Å²) in [5, 5.41) is 2.80. The molecular formula is C14H20ClFN2O2.